The van der Waals surface area contributed by atoms with Crippen molar-refractivity contribution < 1.29 is 4.39 Å². The van der Waals surface area contributed by atoms with Crippen LogP contribution < -0.4 is 10.6 Å². The molecule has 0 spiro atoms. The molecular weight excluding hydrogens is 343 g/mol. The molecule has 0 atom stereocenters. The van der Waals surface area contributed by atoms with Gasteiger partial charge in [0.2, 0.25) is 5.95 Å². The summed E-state index contributed by atoms with van der Waals surface area (Å²) in [5.74, 6) is 1.16. The number of aromatic nitrogens is 4. The number of imidazole rings is 1. The second-order valence-corrected chi connectivity index (χ2v) is 5.27. The first-order valence-corrected chi connectivity index (χ1v) is 7.82. The summed E-state index contributed by atoms with van der Waals surface area (Å²) in [5, 5.41) is 6.57. The van der Waals surface area contributed by atoms with E-state index in [0.29, 0.717) is 5.95 Å². The van der Waals surface area contributed by atoms with Crippen molar-refractivity contribution in [3.05, 3.63) is 66.6 Å². The fourth-order valence-electron chi connectivity index (χ4n) is 2.28. The van der Waals surface area contributed by atoms with Crippen LogP contribution in [0.3, 0.4) is 0 Å². The average Bonchev–Trinajstić information content (AvgIpc) is 3.13. The highest BCUT2D eigenvalue weighted by Crippen LogP contribution is 2.05. The molecular formula is C17H20ClFN6. The summed E-state index contributed by atoms with van der Waals surface area (Å²) >= 11 is 0. The van der Waals surface area contributed by atoms with Crippen molar-refractivity contribution in [2.75, 3.05) is 25.0 Å². The molecule has 2 aromatic heterocycles. The Hall–Kier alpha value is -2.51. The lowest BCUT2D eigenvalue weighted by atomic mass is 10.1. The summed E-state index contributed by atoms with van der Waals surface area (Å²) in [6.45, 7) is 2.33. The van der Waals surface area contributed by atoms with E-state index in [4.69, 9.17) is 0 Å². The summed E-state index contributed by atoms with van der Waals surface area (Å²) in [6.07, 6.45) is 7.66. The monoisotopic (exact) mass is 362 g/mol. The van der Waals surface area contributed by atoms with Crippen LogP contribution in [-0.2, 0) is 6.42 Å². The molecule has 0 unspecified atom stereocenters. The van der Waals surface area contributed by atoms with Crippen molar-refractivity contribution in [2.24, 2.45) is 0 Å². The zero-order valence-corrected chi connectivity index (χ0v) is 14.4. The third-order valence-electron chi connectivity index (χ3n) is 3.47. The predicted molar refractivity (Wildman–Crippen MR) is 97.9 cm³/mol. The third-order valence-corrected chi connectivity index (χ3v) is 3.47. The largest absolute Gasteiger partial charge is 0.369 e. The maximum absolute atomic E-state index is 13.1. The molecule has 0 saturated carbocycles. The first-order chi connectivity index (χ1) is 11.8. The van der Waals surface area contributed by atoms with Crippen LogP contribution in [-0.4, -0.2) is 39.2 Å². The number of nitrogens with one attached hydrogen (secondary N) is 2. The van der Waals surface area contributed by atoms with Gasteiger partial charge >= 0.3 is 0 Å². The highest BCUT2D eigenvalue weighted by molar-refractivity contribution is 5.85. The Kier molecular flexibility index (Phi) is 7.31. The summed E-state index contributed by atoms with van der Waals surface area (Å²) in [4.78, 5) is 12.6. The molecule has 132 valence electrons. The van der Waals surface area contributed by atoms with Gasteiger partial charge in [-0.25, -0.2) is 14.4 Å². The second kappa shape index (κ2) is 9.71. The molecule has 0 bridgehead atoms. The van der Waals surface area contributed by atoms with Crippen LogP contribution in [0.15, 0.2) is 55.2 Å². The van der Waals surface area contributed by atoms with Gasteiger partial charge in [0.1, 0.15) is 18.0 Å². The van der Waals surface area contributed by atoms with Gasteiger partial charge in [0.25, 0.3) is 0 Å². The van der Waals surface area contributed by atoms with E-state index < -0.39 is 0 Å². The molecule has 3 rings (SSSR count). The summed E-state index contributed by atoms with van der Waals surface area (Å²) in [5.41, 5.74) is 0.997. The van der Waals surface area contributed by atoms with E-state index >= 15 is 0 Å². The minimum absolute atomic E-state index is 0. The van der Waals surface area contributed by atoms with E-state index in [1.165, 1.54) is 6.07 Å². The molecule has 3 aromatic rings. The predicted octanol–water partition coefficient (Wildman–Crippen LogP) is 2.47. The Morgan fingerprint density at radius 2 is 2.00 bits per heavy atom. The van der Waals surface area contributed by atoms with Crippen molar-refractivity contribution in [2.45, 2.75) is 6.42 Å². The summed E-state index contributed by atoms with van der Waals surface area (Å²) < 4.78 is 14.8. The van der Waals surface area contributed by atoms with Crippen LogP contribution in [0.5, 0.6) is 0 Å². The highest BCUT2D eigenvalue weighted by atomic mass is 35.5. The SMILES string of the molecule is Cl.Fc1cccc(CCNCCNc2ccnc(-n3ccnc3)n2)c1. The Morgan fingerprint density at radius 1 is 1.08 bits per heavy atom. The second-order valence-electron chi connectivity index (χ2n) is 5.27. The molecule has 2 heterocycles. The Bertz CT molecular complexity index is 765. The van der Waals surface area contributed by atoms with Gasteiger partial charge in [-0.1, -0.05) is 12.1 Å². The number of anilines is 1. The van der Waals surface area contributed by atoms with E-state index in [1.54, 1.807) is 41.6 Å². The fraction of sp³-hybridized carbons (Fsp3) is 0.235. The number of rotatable bonds is 8. The fourth-order valence-corrected chi connectivity index (χ4v) is 2.28. The van der Waals surface area contributed by atoms with Crippen LogP contribution in [0.4, 0.5) is 10.2 Å². The van der Waals surface area contributed by atoms with E-state index in [9.17, 15) is 4.39 Å². The van der Waals surface area contributed by atoms with E-state index in [0.717, 1.165) is 37.4 Å². The number of hydrogen-bond donors (Lipinski definition) is 2. The number of nitrogens with zero attached hydrogens (tertiary/aromatic N) is 4. The lowest BCUT2D eigenvalue weighted by molar-refractivity contribution is 0.623. The molecule has 0 amide bonds. The van der Waals surface area contributed by atoms with Gasteiger partial charge in [0.05, 0.1) is 0 Å². The van der Waals surface area contributed by atoms with Crippen molar-refractivity contribution in [1.82, 2.24) is 24.8 Å². The van der Waals surface area contributed by atoms with Crippen LogP contribution in [0.25, 0.3) is 5.95 Å². The number of halogens is 2. The Morgan fingerprint density at radius 3 is 2.80 bits per heavy atom. The normalized spacial score (nSPS) is 10.3. The smallest absolute Gasteiger partial charge is 0.236 e. The quantitative estimate of drug-likeness (QED) is 0.602. The molecule has 0 aliphatic rings. The molecule has 0 aliphatic carbocycles. The Labute approximate surface area is 152 Å². The zero-order valence-electron chi connectivity index (χ0n) is 13.6. The van der Waals surface area contributed by atoms with Gasteiger partial charge in [-0.3, -0.25) is 4.57 Å². The van der Waals surface area contributed by atoms with Crippen LogP contribution in [0.2, 0.25) is 0 Å². The topological polar surface area (TPSA) is 67.7 Å². The standard InChI is InChI=1S/C17H19FN6.ClH/c18-15-3-1-2-14(12-15)4-6-19-8-9-21-16-5-7-22-17(23-16)24-11-10-20-13-24;/h1-3,5,7,10-13,19H,4,6,8-9H2,(H,21,22,23);1H. The average molecular weight is 363 g/mol. The van der Waals surface area contributed by atoms with Gasteiger partial charge in [0, 0.05) is 31.7 Å². The van der Waals surface area contributed by atoms with E-state index in [1.807, 2.05) is 12.1 Å². The minimum atomic E-state index is -0.188. The van der Waals surface area contributed by atoms with Crippen molar-refractivity contribution in [3.8, 4) is 5.95 Å². The van der Waals surface area contributed by atoms with Gasteiger partial charge in [0.15, 0.2) is 0 Å². The van der Waals surface area contributed by atoms with Gasteiger partial charge in [-0.2, -0.15) is 4.98 Å². The van der Waals surface area contributed by atoms with Gasteiger partial charge in [-0.15, -0.1) is 12.4 Å². The molecule has 6 nitrogen and oxygen atoms in total. The van der Waals surface area contributed by atoms with Crippen LogP contribution >= 0.6 is 12.4 Å². The van der Waals surface area contributed by atoms with Gasteiger partial charge < -0.3 is 10.6 Å². The van der Waals surface area contributed by atoms with Crippen molar-refractivity contribution >= 4 is 18.2 Å². The lowest BCUT2D eigenvalue weighted by Gasteiger charge is -2.08. The zero-order chi connectivity index (χ0) is 16.6. The molecule has 0 saturated heterocycles. The lowest BCUT2D eigenvalue weighted by Crippen LogP contribution is -2.24. The third kappa shape index (κ3) is 5.81. The maximum atomic E-state index is 13.1. The van der Waals surface area contributed by atoms with Crippen LogP contribution in [0, 0.1) is 5.82 Å². The van der Waals surface area contributed by atoms with Crippen molar-refractivity contribution in [1.29, 1.82) is 0 Å². The van der Waals surface area contributed by atoms with E-state index in [2.05, 4.69) is 25.6 Å². The molecule has 25 heavy (non-hydrogen) atoms. The molecule has 0 fully saturated rings. The number of benzene rings is 1. The number of hydrogen-bond acceptors (Lipinski definition) is 5. The maximum Gasteiger partial charge on any atom is 0.236 e. The van der Waals surface area contributed by atoms with Crippen LogP contribution in [0.1, 0.15) is 5.56 Å². The first-order valence-electron chi connectivity index (χ1n) is 7.82. The first kappa shape index (κ1) is 18.8. The molecule has 8 heteroatoms. The Balaban J connectivity index is 0.00000225. The summed E-state index contributed by atoms with van der Waals surface area (Å²) in [7, 11) is 0. The minimum Gasteiger partial charge on any atom is -0.369 e. The molecule has 2 N–H and O–H groups in total. The molecule has 0 radical (unpaired) electrons. The van der Waals surface area contributed by atoms with Gasteiger partial charge in [-0.05, 0) is 36.7 Å². The summed E-state index contributed by atoms with van der Waals surface area (Å²) in [6, 6.07) is 8.52. The van der Waals surface area contributed by atoms with Crippen molar-refractivity contribution in [3.63, 3.8) is 0 Å². The highest BCUT2D eigenvalue weighted by Gasteiger charge is 2.01. The van der Waals surface area contributed by atoms with E-state index in [-0.39, 0.29) is 18.2 Å². The molecule has 1 aromatic carbocycles. The molecule has 0 aliphatic heterocycles.